The summed E-state index contributed by atoms with van der Waals surface area (Å²) in [5.41, 5.74) is 0.204. The van der Waals surface area contributed by atoms with Gasteiger partial charge in [0, 0.05) is 7.05 Å². The number of hydrogen-bond donors (Lipinski definition) is 1. The Bertz CT molecular complexity index is 238. The predicted molar refractivity (Wildman–Crippen MR) is 31.3 cm³/mol. The Morgan fingerprint density at radius 2 is 2.50 bits per heavy atom. The van der Waals surface area contributed by atoms with E-state index in [4.69, 9.17) is 5.11 Å². The van der Waals surface area contributed by atoms with Gasteiger partial charge in [-0.3, -0.25) is 0 Å². The molecular formula is C5H7LiN2O2. The molecule has 10 heavy (non-hydrogen) atoms. The van der Waals surface area contributed by atoms with Crippen LogP contribution in [0.3, 0.4) is 0 Å². The molecule has 0 saturated carbocycles. The van der Waals surface area contributed by atoms with Crippen LogP contribution in [0.4, 0.5) is 0 Å². The number of aryl methyl sites for hydroxylation is 1. The normalized spacial score (nSPS) is 8.50. The molecule has 1 N–H and O–H groups in total. The van der Waals surface area contributed by atoms with E-state index in [1.54, 1.807) is 7.05 Å². The second kappa shape index (κ2) is 3.45. The van der Waals surface area contributed by atoms with Crippen molar-refractivity contribution in [3.05, 3.63) is 18.2 Å². The van der Waals surface area contributed by atoms with Gasteiger partial charge in [0.25, 0.3) is 0 Å². The van der Waals surface area contributed by atoms with Crippen LogP contribution in [-0.4, -0.2) is 20.6 Å². The third-order valence-corrected chi connectivity index (χ3v) is 1.04. The van der Waals surface area contributed by atoms with Crippen LogP contribution in [0.5, 0.6) is 0 Å². The maximum atomic E-state index is 10.2. The average molecular weight is 134 g/mol. The molecule has 0 spiro atoms. The van der Waals surface area contributed by atoms with E-state index in [2.05, 4.69) is 4.98 Å². The minimum absolute atomic E-state index is 0. The van der Waals surface area contributed by atoms with Gasteiger partial charge in [0.1, 0.15) is 5.69 Å². The molecule has 0 bridgehead atoms. The van der Waals surface area contributed by atoms with Gasteiger partial charge in [-0.25, -0.2) is 9.78 Å². The number of carbonyl (C=O) groups is 1. The molecule has 0 saturated heterocycles. The monoisotopic (exact) mass is 134 g/mol. The quantitative estimate of drug-likeness (QED) is 0.423. The van der Waals surface area contributed by atoms with Gasteiger partial charge in [0.05, 0.1) is 12.5 Å². The summed E-state index contributed by atoms with van der Waals surface area (Å²) < 4.78 is 1.45. The number of carboxylic acids is 1. The molecule has 4 nitrogen and oxygen atoms in total. The molecule has 0 aromatic carbocycles. The van der Waals surface area contributed by atoms with E-state index in [0.29, 0.717) is 0 Å². The van der Waals surface area contributed by atoms with Gasteiger partial charge in [-0.15, -0.1) is 0 Å². The van der Waals surface area contributed by atoms with Crippen LogP contribution in [0.25, 0.3) is 0 Å². The summed E-state index contributed by atoms with van der Waals surface area (Å²) >= 11 is 0. The molecule has 0 amide bonds. The topological polar surface area (TPSA) is 55.1 Å². The molecule has 0 aliphatic heterocycles. The number of nitrogens with zero attached hydrogens (tertiary/aromatic N) is 2. The van der Waals surface area contributed by atoms with Crippen molar-refractivity contribution < 1.29 is 30.2 Å². The van der Waals surface area contributed by atoms with Crippen molar-refractivity contribution in [2.75, 3.05) is 0 Å². The van der Waals surface area contributed by atoms with Crippen molar-refractivity contribution in [1.29, 1.82) is 0 Å². The summed E-state index contributed by atoms with van der Waals surface area (Å²) in [6.45, 7) is 0. The molecule has 1 heterocycles. The fraction of sp³-hybridized carbons (Fsp3) is 0.200. The van der Waals surface area contributed by atoms with Crippen molar-refractivity contribution in [3.63, 3.8) is 0 Å². The van der Waals surface area contributed by atoms with Crippen LogP contribution < -0.4 is 18.9 Å². The maximum Gasteiger partial charge on any atom is 1.00 e. The van der Waals surface area contributed by atoms with Crippen LogP contribution in [0.15, 0.2) is 12.5 Å². The second-order valence-corrected chi connectivity index (χ2v) is 1.69. The smallest absolute Gasteiger partial charge is 1.00 e. The minimum atomic E-state index is -0.949. The molecule has 1 aromatic rings. The van der Waals surface area contributed by atoms with Gasteiger partial charge in [0.2, 0.25) is 0 Å². The second-order valence-electron chi connectivity index (χ2n) is 1.69. The molecule has 0 unspecified atom stereocenters. The van der Waals surface area contributed by atoms with Crippen LogP contribution in [0, 0.1) is 0 Å². The van der Waals surface area contributed by atoms with Gasteiger partial charge < -0.3 is 11.1 Å². The van der Waals surface area contributed by atoms with Crippen LogP contribution in [0.1, 0.15) is 11.9 Å². The van der Waals surface area contributed by atoms with E-state index in [0.717, 1.165) is 0 Å². The zero-order valence-corrected chi connectivity index (χ0v) is 5.90. The van der Waals surface area contributed by atoms with E-state index in [1.165, 1.54) is 17.1 Å². The number of carboxylic acid groups (broad SMARTS) is 1. The first-order valence-electron chi connectivity index (χ1n) is 2.41. The molecule has 1 rings (SSSR count). The summed E-state index contributed by atoms with van der Waals surface area (Å²) in [6.07, 6.45) is 2.76. The molecule has 5 heteroatoms. The standard InChI is InChI=1S/C5H6N2O2.Li.H/c1-7-3-6-2-4(7)5(8)9;;/h2-3H,1H3,(H,8,9);;/q;+1;-1. The fourth-order valence-corrected chi connectivity index (χ4v) is 0.563. The van der Waals surface area contributed by atoms with Gasteiger partial charge in [-0.1, -0.05) is 0 Å². The van der Waals surface area contributed by atoms with Gasteiger partial charge >= 0.3 is 24.8 Å². The summed E-state index contributed by atoms with van der Waals surface area (Å²) in [5.74, 6) is -0.949. The van der Waals surface area contributed by atoms with Crippen molar-refractivity contribution in [2.24, 2.45) is 7.05 Å². The zero-order valence-electron chi connectivity index (χ0n) is 6.90. The summed E-state index contributed by atoms with van der Waals surface area (Å²) in [6, 6.07) is 0. The Labute approximate surface area is 71.5 Å². The molecule has 0 aliphatic rings. The molecule has 0 aliphatic carbocycles. The molecule has 0 fully saturated rings. The number of aromatic carboxylic acids is 1. The molecule has 1 aromatic heterocycles. The third-order valence-electron chi connectivity index (χ3n) is 1.04. The fourth-order valence-electron chi connectivity index (χ4n) is 0.563. The Hall–Kier alpha value is -0.723. The maximum absolute atomic E-state index is 10.2. The van der Waals surface area contributed by atoms with E-state index in [1.807, 2.05) is 0 Å². The minimum Gasteiger partial charge on any atom is -1.00 e. The SMILES string of the molecule is Cn1cncc1C(=O)O.[H-].[Li+]. The third kappa shape index (κ3) is 1.63. The van der Waals surface area contributed by atoms with Crippen molar-refractivity contribution in [3.8, 4) is 0 Å². The van der Waals surface area contributed by atoms with Crippen molar-refractivity contribution >= 4 is 5.97 Å². The van der Waals surface area contributed by atoms with Gasteiger partial charge in [-0.05, 0) is 0 Å². The Kier molecular flexibility index (Phi) is 3.20. The first-order chi connectivity index (χ1) is 4.22. The number of rotatable bonds is 1. The van der Waals surface area contributed by atoms with Crippen molar-refractivity contribution in [1.82, 2.24) is 9.55 Å². The van der Waals surface area contributed by atoms with Crippen molar-refractivity contribution in [2.45, 2.75) is 0 Å². The van der Waals surface area contributed by atoms with E-state index < -0.39 is 5.97 Å². The summed E-state index contributed by atoms with van der Waals surface area (Å²) in [7, 11) is 1.64. The predicted octanol–water partition coefficient (Wildman–Crippen LogP) is -2.77. The summed E-state index contributed by atoms with van der Waals surface area (Å²) in [5, 5.41) is 8.39. The summed E-state index contributed by atoms with van der Waals surface area (Å²) in [4.78, 5) is 13.8. The van der Waals surface area contributed by atoms with Gasteiger partial charge in [0.15, 0.2) is 0 Å². The van der Waals surface area contributed by atoms with E-state index >= 15 is 0 Å². The molecular weight excluding hydrogens is 127 g/mol. The first-order valence-corrected chi connectivity index (χ1v) is 2.41. The van der Waals surface area contributed by atoms with E-state index in [-0.39, 0.29) is 26.0 Å². The van der Waals surface area contributed by atoms with Crippen LogP contribution >= 0.6 is 0 Å². The zero-order chi connectivity index (χ0) is 6.85. The Morgan fingerprint density at radius 3 is 2.70 bits per heavy atom. The number of imidazole rings is 1. The number of hydrogen-bond acceptors (Lipinski definition) is 2. The largest absolute Gasteiger partial charge is 1.00 e. The first kappa shape index (κ1) is 9.28. The molecule has 0 atom stereocenters. The molecule has 0 radical (unpaired) electrons. The Morgan fingerprint density at radius 1 is 1.90 bits per heavy atom. The average Bonchev–Trinajstić information content (AvgIpc) is 2.13. The Balaban J connectivity index is 0. The number of aromatic nitrogens is 2. The van der Waals surface area contributed by atoms with Gasteiger partial charge in [-0.2, -0.15) is 0 Å². The van der Waals surface area contributed by atoms with Crippen LogP contribution in [0.2, 0.25) is 0 Å². The molecule has 50 valence electrons. The van der Waals surface area contributed by atoms with E-state index in [9.17, 15) is 4.79 Å². The van der Waals surface area contributed by atoms with Crippen LogP contribution in [-0.2, 0) is 7.05 Å².